The first-order valence-corrected chi connectivity index (χ1v) is 9.72. The van der Waals surface area contributed by atoms with Gasteiger partial charge in [-0.05, 0) is 24.2 Å². The van der Waals surface area contributed by atoms with Crippen LogP contribution in [0.1, 0.15) is 31.4 Å². The molecule has 10 heteroatoms. The molecule has 28 heavy (non-hydrogen) atoms. The maximum Gasteiger partial charge on any atom is 0.450 e. The van der Waals surface area contributed by atoms with E-state index in [1.54, 1.807) is 30.3 Å². The minimum Gasteiger partial charge on any atom is -0.387 e. The zero-order valence-corrected chi connectivity index (χ0v) is 16.1. The van der Waals surface area contributed by atoms with E-state index in [1.165, 1.54) is 6.92 Å². The fraction of sp³-hybridized carbons (Fsp3) is 0.500. The average molecular weight is 420 g/mol. The van der Waals surface area contributed by atoms with Crippen LogP contribution in [0, 0.1) is 0 Å². The van der Waals surface area contributed by atoms with Gasteiger partial charge < -0.3 is 10.4 Å². The lowest BCUT2D eigenvalue weighted by Gasteiger charge is -2.20. The number of Topliss-reactive ketones (excluding diaryl/α,β-unsaturated/α-hetero) is 1. The smallest absolute Gasteiger partial charge is 0.387 e. The number of amides is 2. The second kappa shape index (κ2) is 11.8. The van der Waals surface area contributed by atoms with E-state index in [0.717, 1.165) is 11.8 Å². The van der Waals surface area contributed by atoms with Crippen molar-refractivity contribution in [1.82, 2.24) is 10.6 Å². The number of carbonyl (C=O) groups is 3. The number of hydrogen-bond donors (Lipinski definition) is 3. The van der Waals surface area contributed by atoms with Crippen molar-refractivity contribution in [3.63, 3.8) is 0 Å². The van der Waals surface area contributed by atoms with E-state index in [0.29, 0.717) is 12.0 Å². The lowest BCUT2D eigenvalue weighted by Crippen LogP contribution is -2.47. The third-order valence-corrected chi connectivity index (χ3v) is 4.73. The summed E-state index contributed by atoms with van der Waals surface area (Å²) in [6.07, 6.45) is -5.13. The molecule has 0 radical (unpaired) electrons. The first-order chi connectivity index (χ1) is 13.1. The summed E-state index contributed by atoms with van der Waals surface area (Å²) in [5.41, 5.74) is 0.655. The van der Waals surface area contributed by atoms with Crippen molar-refractivity contribution in [1.29, 1.82) is 0 Å². The second-order valence-electron chi connectivity index (χ2n) is 6.05. The molecule has 0 saturated heterocycles. The summed E-state index contributed by atoms with van der Waals surface area (Å²) in [6, 6.07) is 7.97. The topological polar surface area (TPSA) is 95.5 Å². The molecule has 156 valence electrons. The minimum absolute atomic E-state index is 0.0553. The van der Waals surface area contributed by atoms with E-state index in [2.05, 4.69) is 10.6 Å². The molecule has 0 aromatic heterocycles. The van der Waals surface area contributed by atoms with Crippen LogP contribution in [0.3, 0.4) is 0 Å². The molecule has 1 unspecified atom stereocenters. The highest BCUT2D eigenvalue weighted by atomic mass is 32.2. The van der Waals surface area contributed by atoms with Gasteiger partial charge in [0.25, 0.3) is 0 Å². The number of imide groups is 1. The normalized spacial score (nSPS) is 13.6. The molecule has 0 spiro atoms. The highest BCUT2D eigenvalue weighted by molar-refractivity contribution is 7.99. The Hall–Kier alpha value is -1.91. The highest BCUT2D eigenvalue weighted by Crippen LogP contribution is 2.19. The Labute approximate surface area is 165 Å². The van der Waals surface area contributed by atoms with Gasteiger partial charge in [0.05, 0.1) is 17.9 Å². The summed E-state index contributed by atoms with van der Waals surface area (Å²) in [5.74, 6) is -3.34. The molecule has 0 aliphatic heterocycles. The molecule has 2 atom stereocenters. The Kier molecular flexibility index (Phi) is 10.2. The number of benzene rings is 1. The van der Waals surface area contributed by atoms with Crippen LogP contribution < -0.4 is 10.6 Å². The van der Waals surface area contributed by atoms with E-state index in [9.17, 15) is 32.7 Å². The van der Waals surface area contributed by atoms with Crippen molar-refractivity contribution in [3.8, 4) is 0 Å². The number of nitrogens with one attached hydrogen (secondary N) is 2. The van der Waals surface area contributed by atoms with Crippen LogP contribution in [0.25, 0.3) is 0 Å². The number of thioether (sulfide) groups is 1. The Balaban J connectivity index is 2.50. The van der Waals surface area contributed by atoms with Crippen LogP contribution in [0.2, 0.25) is 0 Å². The van der Waals surface area contributed by atoms with Gasteiger partial charge in [-0.15, -0.1) is 0 Å². The minimum atomic E-state index is -4.84. The number of alkyl halides is 3. The SMILES string of the molecule is CC(=O)NC(=O)[C@H](CCCSCC(=O)C(F)(F)F)NCC(O)c1ccccc1. The number of hydrogen-bond acceptors (Lipinski definition) is 6. The molecule has 1 aromatic rings. The van der Waals surface area contributed by atoms with E-state index in [4.69, 9.17) is 0 Å². The van der Waals surface area contributed by atoms with Crippen molar-refractivity contribution in [2.45, 2.75) is 38.1 Å². The van der Waals surface area contributed by atoms with Gasteiger partial charge in [0.15, 0.2) is 0 Å². The third kappa shape index (κ3) is 9.34. The molecule has 0 heterocycles. The van der Waals surface area contributed by atoms with Gasteiger partial charge in [-0.1, -0.05) is 30.3 Å². The summed E-state index contributed by atoms with van der Waals surface area (Å²) in [5, 5.41) is 15.2. The van der Waals surface area contributed by atoms with Gasteiger partial charge in [-0.3, -0.25) is 19.7 Å². The Morgan fingerprint density at radius 1 is 1.18 bits per heavy atom. The monoisotopic (exact) mass is 420 g/mol. The van der Waals surface area contributed by atoms with Gasteiger partial charge in [-0.25, -0.2) is 0 Å². The van der Waals surface area contributed by atoms with Crippen molar-refractivity contribution >= 4 is 29.4 Å². The second-order valence-corrected chi connectivity index (χ2v) is 7.15. The molecule has 6 nitrogen and oxygen atoms in total. The molecule has 0 saturated carbocycles. The molecule has 1 aromatic carbocycles. The Morgan fingerprint density at radius 2 is 1.82 bits per heavy atom. The predicted octanol–water partition coefficient (Wildman–Crippen LogP) is 1.99. The van der Waals surface area contributed by atoms with Gasteiger partial charge in [0.1, 0.15) is 0 Å². The largest absolute Gasteiger partial charge is 0.450 e. The fourth-order valence-corrected chi connectivity index (χ4v) is 3.13. The summed E-state index contributed by atoms with van der Waals surface area (Å²) in [4.78, 5) is 34.0. The summed E-state index contributed by atoms with van der Waals surface area (Å²) in [6.45, 7) is 1.24. The molecule has 0 bridgehead atoms. The average Bonchev–Trinajstić information content (AvgIpc) is 2.62. The van der Waals surface area contributed by atoms with Gasteiger partial charge >= 0.3 is 6.18 Å². The first kappa shape index (κ1) is 24.1. The van der Waals surface area contributed by atoms with Crippen molar-refractivity contribution in [2.75, 3.05) is 18.1 Å². The summed E-state index contributed by atoms with van der Waals surface area (Å²) in [7, 11) is 0. The highest BCUT2D eigenvalue weighted by Gasteiger charge is 2.37. The maximum atomic E-state index is 12.1. The molecular formula is C18H23F3N2O4S. The van der Waals surface area contributed by atoms with Gasteiger partial charge in [0, 0.05) is 13.5 Å². The lowest BCUT2D eigenvalue weighted by molar-refractivity contribution is -0.167. The molecule has 0 aliphatic carbocycles. The van der Waals surface area contributed by atoms with Crippen molar-refractivity contribution in [3.05, 3.63) is 35.9 Å². The zero-order chi connectivity index (χ0) is 21.2. The molecule has 1 rings (SSSR count). The van der Waals surface area contributed by atoms with Crippen LogP contribution in [-0.2, 0) is 14.4 Å². The number of halogens is 3. The van der Waals surface area contributed by atoms with Crippen molar-refractivity contribution in [2.24, 2.45) is 0 Å². The molecule has 2 amide bonds. The van der Waals surface area contributed by atoms with Gasteiger partial charge in [0.2, 0.25) is 17.6 Å². The Bertz CT molecular complexity index is 656. The molecule has 0 aliphatic rings. The van der Waals surface area contributed by atoms with Crippen LogP contribution in [0.5, 0.6) is 0 Å². The number of carbonyl (C=O) groups excluding carboxylic acids is 3. The molecular weight excluding hydrogens is 397 g/mol. The molecule has 3 N–H and O–H groups in total. The quantitative estimate of drug-likeness (QED) is 0.474. The summed E-state index contributed by atoms with van der Waals surface area (Å²) < 4.78 is 36.4. The maximum absolute atomic E-state index is 12.1. The fourth-order valence-electron chi connectivity index (χ4n) is 2.27. The van der Waals surface area contributed by atoms with E-state index < -0.39 is 41.7 Å². The van der Waals surface area contributed by atoms with Gasteiger partial charge in [-0.2, -0.15) is 24.9 Å². The van der Waals surface area contributed by atoms with E-state index >= 15 is 0 Å². The van der Waals surface area contributed by atoms with Crippen LogP contribution >= 0.6 is 11.8 Å². The zero-order valence-electron chi connectivity index (χ0n) is 15.3. The van der Waals surface area contributed by atoms with Crippen LogP contribution in [0.4, 0.5) is 13.2 Å². The predicted molar refractivity (Wildman–Crippen MR) is 99.6 cm³/mol. The van der Waals surface area contributed by atoms with Crippen LogP contribution in [0.15, 0.2) is 30.3 Å². The molecule has 0 fully saturated rings. The lowest BCUT2D eigenvalue weighted by atomic mass is 10.1. The Morgan fingerprint density at radius 3 is 2.39 bits per heavy atom. The van der Waals surface area contributed by atoms with Crippen LogP contribution in [-0.4, -0.2) is 53.0 Å². The number of rotatable bonds is 11. The first-order valence-electron chi connectivity index (χ1n) is 8.57. The number of ketones is 1. The standard InChI is InChI=1S/C18H23F3N2O4S/c1-12(24)23-17(27)14(8-5-9-28-11-16(26)18(19,20)21)22-10-15(25)13-6-3-2-4-7-13/h2-4,6-7,14-15,22,25H,5,8-11H2,1H3,(H,23,24,27)/t14-,15?/m0/s1. The number of aliphatic hydroxyl groups is 1. The van der Waals surface area contributed by atoms with Crippen molar-refractivity contribution < 1.29 is 32.7 Å². The number of aliphatic hydroxyl groups excluding tert-OH is 1. The third-order valence-electron chi connectivity index (χ3n) is 3.69. The van der Waals surface area contributed by atoms with E-state index in [-0.39, 0.29) is 18.7 Å². The summed E-state index contributed by atoms with van der Waals surface area (Å²) >= 11 is 0.832. The van der Waals surface area contributed by atoms with E-state index in [1.807, 2.05) is 0 Å².